The Kier molecular flexibility index (Phi) is 5.98. The van der Waals surface area contributed by atoms with Crippen LogP contribution in [0.4, 0.5) is 0 Å². The van der Waals surface area contributed by atoms with E-state index in [9.17, 15) is 5.26 Å². The van der Waals surface area contributed by atoms with Crippen LogP contribution in [0.25, 0.3) is 33.5 Å². The van der Waals surface area contributed by atoms with E-state index in [0.717, 1.165) is 38.5 Å². The summed E-state index contributed by atoms with van der Waals surface area (Å²) in [6.45, 7) is 2.29. The summed E-state index contributed by atoms with van der Waals surface area (Å²) in [7, 11) is 0. The van der Waals surface area contributed by atoms with Gasteiger partial charge in [0, 0.05) is 21.2 Å². The van der Waals surface area contributed by atoms with Crippen molar-refractivity contribution >= 4 is 56.7 Å². The van der Waals surface area contributed by atoms with Crippen molar-refractivity contribution in [1.82, 2.24) is 9.97 Å². The molecule has 0 aliphatic heterocycles. The average molecular weight is 484 g/mol. The zero-order valence-corrected chi connectivity index (χ0v) is 19.8. The summed E-state index contributed by atoms with van der Waals surface area (Å²) in [6, 6.07) is 25.5. The molecular weight excluding hydrogens is 465 g/mol. The van der Waals surface area contributed by atoms with Gasteiger partial charge in [-0.2, -0.15) is 5.26 Å². The summed E-state index contributed by atoms with van der Waals surface area (Å²) in [5.41, 5.74) is 4.87. The number of aromatic nitrogens is 2. The van der Waals surface area contributed by atoms with Crippen molar-refractivity contribution in [3.63, 3.8) is 0 Å². The summed E-state index contributed by atoms with van der Waals surface area (Å²) in [5, 5.41) is 13.1. The van der Waals surface area contributed by atoms with E-state index in [-0.39, 0.29) is 6.61 Å². The van der Waals surface area contributed by atoms with Crippen molar-refractivity contribution in [3.05, 3.63) is 105 Å². The van der Waals surface area contributed by atoms with Crippen LogP contribution in [0.5, 0.6) is 5.75 Å². The fourth-order valence-electron chi connectivity index (χ4n) is 3.89. The Morgan fingerprint density at radius 2 is 1.91 bits per heavy atom. The molecule has 1 heterocycles. The summed E-state index contributed by atoms with van der Waals surface area (Å²) < 4.78 is 6.20. The molecule has 5 aromatic rings. The van der Waals surface area contributed by atoms with Gasteiger partial charge in [-0.3, -0.25) is 0 Å². The first-order valence-electron chi connectivity index (χ1n) is 10.7. The van der Waals surface area contributed by atoms with Gasteiger partial charge in [0.05, 0.1) is 16.6 Å². The molecule has 0 saturated carbocycles. The first kappa shape index (κ1) is 22.0. The Morgan fingerprint density at radius 3 is 2.74 bits per heavy atom. The Hall–Kier alpha value is -3.78. The third kappa shape index (κ3) is 4.36. The van der Waals surface area contributed by atoms with E-state index in [0.29, 0.717) is 27.2 Å². The highest BCUT2D eigenvalue weighted by Crippen LogP contribution is 2.33. The summed E-state index contributed by atoms with van der Waals surface area (Å²) >= 11 is 12.4. The number of nitriles is 1. The number of hydrogen-bond donors (Lipinski definition) is 1. The molecule has 0 fully saturated rings. The summed E-state index contributed by atoms with van der Waals surface area (Å²) in [6.07, 6.45) is 1.83. The van der Waals surface area contributed by atoms with Crippen molar-refractivity contribution in [1.29, 1.82) is 5.26 Å². The molecule has 4 nitrogen and oxygen atoms in total. The number of hydrogen-bond acceptors (Lipinski definition) is 3. The van der Waals surface area contributed by atoms with E-state index in [1.54, 1.807) is 12.1 Å². The smallest absolute Gasteiger partial charge is 0.149 e. The highest BCUT2D eigenvalue weighted by atomic mass is 35.5. The van der Waals surface area contributed by atoms with Crippen LogP contribution in [0.2, 0.25) is 10.0 Å². The maximum atomic E-state index is 10.0. The highest BCUT2D eigenvalue weighted by Gasteiger charge is 2.13. The molecule has 0 atom stereocenters. The number of rotatable bonds is 5. The van der Waals surface area contributed by atoms with Crippen LogP contribution < -0.4 is 4.74 Å². The molecule has 34 heavy (non-hydrogen) atoms. The van der Waals surface area contributed by atoms with Gasteiger partial charge in [-0.15, -0.1) is 0 Å². The SMILES string of the molecule is Cc1ccc2nc(/C(C#N)=C\c3c(OCc4ccc(Cl)cc4Cl)ccc4ccccc34)[nH]c2c1. The van der Waals surface area contributed by atoms with Crippen LogP contribution in [-0.4, -0.2) is 9.97 Å². The van der Waals surface area contributed by atoms with Crippen LogP contribution in [0, 0.1) is 18.3 Å². The van der Waals surface area contributed by atoms with Crippen molar-refractivity contribution in [3.8, 4) is 11.8 Å². The molecule has 1 aromatic heterocycles. The number of benzene rings is 4. The van der Waals surface area contributed by atoms with E-state index in [2.05, 4.69) is 16.0 Å². The van der Waals surface area contributed by atoms with Gasteiger partial charge in [0.15, 0.2) is 0 Å². The van der Waals surface area contributed by atoms with E-state index in [1.165, 1.54) is 0 Å². The number of ether oxygens (including phenoxy) is 1. The molecule has 0 bridgehead atoms. The number of aryl methyl sites for hydroxylation is 1. The third-order valence-corrected chi connectivity index (χ3v) is 6.22. The van der Waals surface area contributed by atoms with Crippen LogP contribution in [0.1, 0.15) is 22.5 Å². The van der Waals surface area contributed by atoms with Crippen molar-refractivity contribution in [2.75, 3.05) is 0 Å². The number of nitrogens with one attached hydrogen (secondary N) is 1. The Morgan fingerprint density at radius 1 is 1.06 bits per heavy atom. The number of H-pyrrole nitrogens is 1. The quantitative estimate of drug-likeness (QED) is 0.257. The summed E-state index contributed by atoms with van der Waals surface area (Å²) in [5.74, 6) is 1.16. The first-order chi connectivity index (χ1) is 16.5. The third-order valence-electron chi connectivity index (χ3n) is 5.63. The minimum atomic E-state index is 0.265. The van der Waals surface area contributed by atoms with Gasteiger partial charge in [-0.1, -0.05) is 65.7 Å². The zero-order valence-electron chi connectivity index (χ0n) is 18.3. The van der Waals surface area contributed by atoms with Crippen molar-refractivity contribution < 1.29 is 4.74 Å². The van der Waals surface area contributed by atoms with Crippen molar-refractivity contribution in [2.45, 2.75) is 13.5 Å². The Balaban J connectivity index is 1.59. The van der Waals surface area contributed by atoms with Crippen LogP contribution >= 0.6 is 23.2 Å². The zero-order chi connectivity index (χ0) is 23.7. The van der Waals surface area contributed by atoms with Gasteiger partial charge in [0.1, 0.15) is 24.3 Å². The lowest BCUT2D eigenvalue weighted by Crippen LogP contribution is -1.99. The van der Waals surface area contributed by atoms with Crippen LogP contribution in [0.15, 0.2) is 72.8 Å². The number of allylic oxidation sites excluding steroid dienone is 1. The molecule has 0 saturated heterocycles. The average Bonchev–Trinajstić information content (AvgIpc) is 3.25. The van der Waals surface area contributed by atoms with Crippen molar-refractivity contribution in [2.24, 2.45) is 0 Å². The molecule has 6 heteroatoms. The second-order valence-corrected chi connectivity index (χ2v) is 8.84. The number of aromatic amines is 1. The van der Waals surface area contributed by atoms with Gasteiger partial charge < -0.3 is 9.72 Å². The molecule has 0 unspecified atom stereocenters. The number of fused-ring (bicyclic) bond motifs is 2. The molecule has 0 aliphatic carbocycles. The molecular formula is C28H19Cl2N3O. The van der Waals surface area contributed by atoms with E-state index in [4.69, 9.17) is 27.9 Å². The standard InChI is InChI=1S/C28H19Cl2N3O/c1-17-6-10-25-26(12-17)33-28(32-25)20(15-31)13-23-22-5-3-2-4-18(22)8-11-27(23)34-16-19-7-9-21(29)14-24(19)30/h2-14H,16H2,1H3,(H,32,33)/b20-13-. The molecule has 5 rings (SSSR count). The molecule has 0 aliphatic rings. The fraction of sp³-hybridized carbons (Fsp3) is 0.0714. The van der Waals surface area contributed by atoms with Gasteiger partial charge in [0.25, 0.3) is 0 Å². The first-order valence-corrected chi connectivity index (χ1v) is 11.4. The molecule has 1 N–H and O–H groups in total. The Bertz CT molecular complexity index is 1610. The maximum Gasteiger partial charge on any atom is 0.149 e. The van der Waals surface area contributed by atoms with Crippen LogP contribution in [-0.2, 0) is 6.61 Å². The van der Waals surface area contributed by atoms with Gasteiger partial charge in [-0.25, -0.2) is 4.98 Å². The normalized spacial score (nSPS) is 11.6. The summed E-state index contributed by atoms with van der Waals surface area (Å²) in [4.78, 5) is 7.90. The predicted octanol–water partition coefficient (Wildman–Crippen LogP) is 7.97. The largest absolute Gasteiger partial charge is 0.488 e. The van der Waals surface area contributed by atoms with E-state index >= 15 is 0 Å². The minimum Gasteiger partial charge on any atom is -0.488 e. The molecule has 166 valence electrons. The van der Waals surface area contributed by atoms with Gasteiger partial charge in [-0.05, 0) is 59.7 Å². The lowest BCUT2D eigenvalue weighted by atomic mass is 10.0. The number of imidazole rings is 1. The van der Waals surface area contributed by atoms with E-state index in [1.807, 2.05) is 73.7 Å². The number of halogens is 2. The minimum absolute atomic E-state index is 0.265. The lowest BCUT2D eigenvalue weighted by Gasteiger charge is -2.13. The molecule has 0 spiro atoms. The maximum absolute atomic E-state index is 10.0. The van der Waals surface area contributed by atoms with Gasteiger partial charge >= 0.3 is 0 Å². The monoisotopic (exact) mass is 483 g/mol. The second kappa shape index (κ2) is 9.23. The Labute approximate surface area is 207 Å². The van der Waals surface area contributed by atoms with Gasteiger partial charge in [0.2, 0.25) is 0 Å². The molecule has 0 radical (unpaired) electrons. The second-order valence-electron chi connectivity index (χ2n) is 8.00. The fourth-order valence-corrected chi connectivity index (χ4v) is 4.36. The molecule has 4 aromatic carbocycles. The van der Waals surface area contributed by atoms with Crippen LogP contribution in [0.3, 0.4) is 0 Å². The number of nitrogens with zero attached hydrogens (tertiary/aromatic N) is 2. The highest BCUT2D eigenvalue weighted by molar-refractivity contribution is 6.35. The van der Waals surface area contributed by atoms with E-state index < -0.39 is 0 Å². The molecule has 0 amide bonds. The predicted molar refractivity (Wildman–Crippen MR) is 139 cm³/mol. The lowest BCUT2D eigenvalue weighted by molar-refractivity contribution is 0.306. The topological polar surface area (TPSA) is 61.7 Å².